The molecule has 4 N–H and O–H groups in total. The third-order valence-corrected chi connectivity index (χ3v) is 4.59. The van der Waals surface area contributed by atoms with Crippen LogP contribution in [0.5, 0.6) is 0 Å². The van der Waals surface area contributed by atoms with Crippen LogP contribution >= 0.6 is 35.0 Å². The molecule has 10 heteroatoms. The predicted molar refractivity (Wildman–Crippen MR) is 93.9 cm³/mol. The Bertz CT molecular complexity index is 880. The summed E-state index contributed by atoms with van der Waals surface area (Å²) < 4.78 is 15.3. The van der Waals surface area contributed by atoms with E-state index in [0.29, 0.717) is 45.9 Å². The minimum Gasteiger partial charge on any atom is -0.382 e. The number of benzene rings is 1. The quantitative estimate of drug-likeness (QED) is 0.652. The third kappa shape index (κ3) is 3.56. The van der Waals surface area contributed by atoms with Crippen LogP contribution in [0.2, 0.25) is 10.0 Å². The topological polar surface area (TPSA) is 95.6 Å². The zero-order chi connectivity index (χ0) is 17.3. The van der Waals surface area contributed by atoms with Crippen LogP contribution in [0.15, 0.2) is 28.3 Å². The summed E-state index contributed by atoms with van der Waals surface area (Å²) in [6.07, 6.45) is -0.211. The van der Waals surface area contributed by atoms with Crippen molar-refractivity contribution in [3.05, 3.63) is 34.3 Å². The Morgan fingerprint density at radius 2 is 1.83 bits per heavy atom. The van der Waals surface area contributed by atoms with Crippen molar-refractivity contribution in [2.45, 2.75) is 23.0 Å². The molecule has 0 aliphatic heterocycles. The zero-order valence-corrected chi connectivity index (χ0v) is 14.7. The lowest BCUT2D eigenvalue weighted by Gasteiger charge is -2.08. The SMILES string of the molecule is NCCCn1c(Sc2cc(Cl)cc(Cl)c2)nc2c(N)nc(F)nc21. The number of nitrogens with two attached hydrogens (primary N) is 2. The van der Waals surface area contributed by atoms with Gasteiger partial charge in [0.05, 0.1) is 0 Å². The summed E-state index contributed by atoms with van der Waals surface area (Å²) in [5.74, 6) is -0.00465. The van der Waals surface area contributed by atoms with Crippen molar-refractivity contribution < 1.29 is 4.39 Å². The number of nitrogens with zero attached hydrogens (tertiary/aromatic N) is 4. The molecule has 0 saturated carbocycles. The van der Waals surface area contributed by atoms with E-state index >= 15 is 0 Å². The van der Waals surface area contributed by atoms with Crippen LogP contribution in [0, 0.1) is 6.08 Å². The molecule has 0 unspecified atom stereocenters. The number of aromatic nitrogens is 4. The molecule has 126 valence electrons. The molecule has 0 radical (unpaired) electrons. The maximum atomic E-state index is 13.5. The molecule has 0 amide bonds. The van der Waals surface area contributed by atoms with E-state index in [0.717, 1.165) is 4.90 Å². The van der Waals surface area contributed by atoms with Crippen LogP contribution in [0.1, 0.15) is 6.42 Å². The lowest BCUT2D eigenvalue weighted by Crippen LogP contribution is -2.08. The number of hydrogen-bond donors (Lipinski definition) is 2. The van der Waals surface area contributed by atoms with Gasteiger partial charge in [-0.1, -0.05) is 35.0 Å². The van der Waals surface area contributed by atoms with Gasteiger partial charge in [-0.3, -0.25) is 0 Å². The average Bonchev–Trinajstić information content (AvgIpc) is 2.82. The lowest BCUT2D eigenvalue weighted by molar-refractivity contribution is 0.539. The summed E-state index contributed by atoms with van der Waals surface area (Å²) in [5.41, 5.74) is 12.0. The Kier molecular flexibility index (Phi) is 5.09. The fourth-order valence-electron chi connectivity index (χ4n) is 2.20. The second kappa shape index (κ2) is 7.10. The number of anilines is 1. The molecule has 0 atom stereocenters. The Balaban J connectivity index is 2.10. The van der Waals surface area contributed by atoms with Crippen LogP contribution in [0.4, 0.5) is 10.2 Å². The van der Waals surface area contributed by atoms with Gasteiger partial charge in [-0.05, 0) is 31.2 Å². The molecular weight excluding hydrogens is 374 g/mol. The molecule has 3 aromatic rings. The van der Waals surface area contributed by atoms with Gasteiger partial charge in [0.2, 0.25) is 0 Å². The van der Waals surface area contributed by atoms with E-state index in [4.69, 9.17) is 34.7 Å². The summed E-state index contributed by atoms with van der Waals surface area (Å²) in [6, 6.07) is 5.17. The zero-order valence-electron chi connectivity index (χ0n) is 12.3. The fourth-order valence-corrected chi connectivity index (χ4v) is 3.86. The first-order chi connectivity index (χ1) is 11.5. The van der Waals surface area contributed by atoms with Gasteiger partial charge in [0.15, 0.2) is 22.1 Å². The molecule has 0 aliphatic carbocycles. The van der Waals surface area contributed by atoms with Gasteiger partial charge >= 0.3 is 6.08 Å². The van der Waals surface area contributed by atoms with E-state index in [2.05, 4.69) is 15.0 Å². The molecule has 24 heavy (non-hydrogen) atoms. The second-order valence-corrected chi connectivity index (χ2v) is 6.86. The van der Waals surface area contributed by atoms with Gasteiger partial charge in [-0.25, -0.2) is 4.98 Å². The van der Waals surface area contributed by atoms with Crippen LogP contribution in [-0.4, -0.2) is 26.1 Å². The number of nitrogen functional groups attached to an aromatic ring is 1. The number of imidazole rings is 1. The molecule has 2 aromatic heterocycles. The highest BCUT2D eigenvalue weighted by Gasteiger charge is 2.17. The molecule has 0 spiro atoms. The van der Waals surface area contributed by atoms with Crippen molar-refractivity contribution in [1.82, 2.24) is 19.5 Å². The third-order valence-electron chi connectivity index (χ3n) is 3.19. The molecule has 1 aromatic carbocycles. The lowest BCUT2D eigenvalue weighted by atomic mass is 10.4. The summed E-state index contributed by atoms with van der Waals surface area (Å²) in [6.45, 7) is 1.01. The smallest absolute Gasteiger partial charge is 0.312 e. The molecule has 0 aliphatic rings. The fraction of sp³-hybridized carbons (Fsp3) is 0.214. The maximum Gasteiger partial charge on any atom is 0.312 e. The van der Waals surface area contributed by atoms with Crippen molar-refractivity contribution in [3.8, 4) is 0 Å². The van der Waals surface area contributed by atoms with Gasteiger partial charge in [0.1, 0.15) is 0 Å². The minimum atomic E-state index is -0.892. The first kappa shape index (κ1) is 17.2. The van der Waals surface area contributed by atoms with E-state index in [9.17, 15) is 4.39 Å². The molecule has 0 bridgehead atoms. The highest BCUT2D eigenvalue weighted by molar-refractivity contribution is 7.99. The number of aryl methyl sites for hydroxylation is 1. The molecule has 0 saturated heterocycles. The average molecular weight is 387 g/mol. The van der Waals surface area contributed by atoms with Crippen LogP contribution < -0.4 is 11.5 Å². The van der Waals surface area contributed by atoms with Crippen molar-refractivity contribution >= 4 is 51.9 Å². The van der Waals surface area contributed by atoms with Crippen LogP contribution in [-0.2, 0) is 6.54 Å². The molecule has 2 heterocycles. The highest BCUT2D eigenvalue weighted by Crippen LogP contribution is 2.34. The molecular formula is C14H13Cl2FN6S. The van der Waals surface area contributed by atoms with Gasteiger partial charge in [-0.2, -0.15) is 14.4 Å². The molecule has 6 nitrogen and oxygen atoms in total. The predicted octanol–water partition coefficient (Wildman–Crippen LogP) is 3.35. The summed E-state index contributed by atoms with van der Waals surface area (Å²) in [4.78, 5) is 12.6. The first-order valence-corrected chi connectivity index (χ1v) is 8.58. The van der Waals surface area contributed by atoms with Crippen molar-refractivity contribution in [3.63, 3.8) is 0 Å². The number of halogens is 3. The van der Waals surface area contributed by atoms with Crippen molar-refractivity contribution in [1.29, 1.82) is 0 Å². The number of fused-ring (bicyclic) bond motifs is 1. The Hall–Kier alpha value is -1.61. The highest BCUT2D eigenvalue weighted by atomic mass is 35.5. The van der Waals surface area contributed by atoms with E-state index in [-0.39, 0.29) is 5.82 Å². The van der Waals surface area contributed by atoms with E-state index in [1.807, 2.05) is 0 Å². The monoisotopic (exact) mass is 386 g/mol. The maximum absolute atomic E-state index is 13.5. The van der Waals surface area contributed by atoms with E-state index in [1.165, 1.54) is 11.8 Å². The Morgan fingerprint density at radius 3 is 2.50 bits per heavy atom. The van der Waals surface area contributed by atoms with E-state index in [1.54, 1.807) is 22.8 Å². The Morgan fingerprint density at radius 1 is 1.12 bits per heavy atom. The molecule has 3 rings (SSSR count). The summed E-state index contributed by atoms with van der Waals surface area (Å²) in [5, 5.41) is 1.61. The normalized spacial score (nSPS) is 11.3. The van der Waals surface area contributed by atoms with Crippen molar-refractivity contribution in [2.24, 2.45) is 5.73 Å². The number of rotatable bonds is 5. The minimum absolute atomic E-state index is 0.00465. The Labute approximate surface area is 151 Å². The first-order valence-electron chi connectivity index (χ1n) is 7.01. The van der Waals surface area contributed by atoms with Crippen LogP contribution in [0.3, 0.4) is 0 Å². The van der Waals surface area contributed by atoms with E-state index < -0.39 is 6.08 Å². The van der Waals surface area contributed by atoms with Crippen molar-refractivity contribution in [2.75, 3.05) is 12.3 Å². The van der Waals surface area contributed by atoms with Crippen LogP contribution in [0.25, 0.3) is 11.2 Å². The number of hydrogen-bond acceptors (Lipinski definition) is 6. The van der Waals surface area contributed by atoms with Gasteiger partial charge in [-0.15, -0.1) is 0 Å². The standard InChI is InChI=1S/C14H13Cl2FN6S/c15-7-4-8(16)6-9(5-7)24-14-20-10-11(19)21-13(17)22-12(10)23(14)3-1-2-18/h4-6H,1-3,18H2,(H2,19,21,22). The largest absolute Gasteiger partial charge is 0.382 e. The second-order valence-electron chi connectivity index (χ2n) is 4.95. The van der Waals surface area contributed by atoms with Gasteiger partial charge in [0, 0.05) is 21.5 Å². The summed E-state index contributed by atoms with van der Waals surface area (Å²) in [7, 11) is 0. The van der Waals surface area contributed by atoms with Gasteiger partial charge < -0.3 is 16.0 Å². The van der Waals surface area contributed by atoms with Gasteiger partial charge in [0.25, 0.3) is 0 Å². The summed E-state index contributed by atoms with van der Waals surface area (Å²) >= 11 is 13.4. The molecule has 0 fully saturated rings.